The molecule has 1 aliphatic rings. The van der Waals surface area contributed by atoms with Crippen molar-refractivity contribution in [3.8, 4) is 5.75 Å². The van der Waals surface area contributed by atoms with Gasteiger partial charge in [-0.25, -0.2) is 4.39 Å². The van der Waals surface area contributed by atoms with Crippen LogP contribution in [0, 0.1) is 5.82 Å². The zero-order chi connectivity index (χ0) is 13.8. The van der Waals surface area contributed by atoms with E-state index in [1.807, 2.05) is 0 Å². The van der Waals surface area contributed by atoms with Gasteiger partial charge in [-0.1, -0.05) is 6.07 Å². The molecule has 0 aromatic heterocycles. The van der Waals surface area contributed by atoms with Crippen molar-refractivity contribution in [3.05, 3.63) is 29.6 Å². The summed E-state index contributed by atoms with van der Waals surface area (Å²) in [5.41, 5.74) is 0.758. The molecule has 1 aliphatic heterocycles. The highest BCUT2D eigenvalue weighted by Gasteiger charge is 2.16. The molecule has 19 heavy (non-hydrogen) atoms. The average Bonchev–Trinajstić information content (AvgIpc) is 2.32. The van der Waals surface area contributed by atoms with Crippen LogP contribution in [0.15, 0.2) is 18.2 Å². The van der Waals surface area contributed by atoms with Gasteiger partial charge in [-0.05, 0) is 24.6 Å². The van der Waals surface area contributed by atoms with Gasteiger partial charge in [0.1, 0.15) is 0 Å². The third kappa shape index (κ3) is 4.11. The summed E-state index contributed by atoms with van der Waals surface area (Å²) < 4.78 is 41.7. The summed E-state index contributed by atoms with van der Waals surface area (Å²) in [6.45, 7) is 2.37. The predicted octanol–water partition coefficient (Wildman–Crippen LogP) is 2.22. The smallest absolute Gasteiger partial charge is 0.387 e. The van der Waals surface area contributed by atoms with E-state index in [0.717, 1.165) is 25.2 Å². The van der Waals surface area contributed by atoms with Crippen molar-refractivity contribution in [2.45, 2.75) is 26.1 Å². The monoisotopic (exact) mass is 274 g/mol. The van der Waals surface area contributed by atoms with Gasteiger partial charge in [0, 0.05) is 32.2 Å². The van der Waals surface area contributed by atoms with Crippen molar-refractivity contribution in [1.82, 2.24) is 10.2 Å². The second-order valence-electron chi connectivity index (χ2n) is 4.73. The van der Waals surface area contributed by atoms with E-state index >= 15 is 0 Å². The zero-order valence-corrected chi connectivity index (χ0v) is 10.7. The van der Waals surface area contributed by atoms with Gasteiger partial charge >= 0.3 is 6.61 Å². The Morgan fingerprint density at radius 3 is 2.89 bits per heavy atom. The van der Waals surface area contributed by atoms with Crippen LogP contribution >= 0.6 is 0 Å². The van der Waals surface area contributed by atoms with E-state index in [1.165, 1.54) is 12.1 Å². The quantitative estimate of drug-likeness (QED) is 0.911. The molecule has 0 bridgehead atoms. The van der Waals surface area contributed by atoms with Gasteiger partial charge < -0.3 is 10.1 Å². The van der Waals surface area contributed by atoms with Gasteiger partial charge in [-0.3, -0.25) is 4.90 Å². The van der Waals surface area contributed by atoms with Crippen LogP contribution in [0.3, 0.4) is 0 Å². The summed E-state index contributed by atoms with van der Waals surface area (Å²) in [5.74, 6) is -1.16. The van der Waals surface area contributed by atoms with Gasteiger partial charge in [0.25, 0.3) is 0 Å². The molecule has 2 rings (SSSR count). The van der Waals surface area contributed by atoms with Crippen molar-refractivity contribution < 1.29 is 17.9 Å². The van der Waals surface area contributed by atoms with Crippen LogP contribution in [0.5, 0.6) is 5.75 Å². The van der Waals surface area contributed by atoms with Crippen LogP contribution in [0.2, 0.25) is 0 Å². The fourth-order valence-electron chi connectivity index (χ4n) is 2.25. The molecule has 1 heterocycles. The van der Waals surface area contributed by atoms with Crippen LogP contribution in [-0.2, 0) is 6.54 Å². The molecule has 3 nitrogen and oxygen atoms in total. The molecule has 1 aromatic carbocycles. The minimum Gasteiger partial charge on any atom is -0.432 e. The number of ether oxygens (including phenoxy) is 1. The first kappa shape index (κ1) is 14.1. The van der Waals surface area contributed by atoms with Crippen LogP contribution in [0.4, 0.5) is 13.2 Å². The Morgan fingerprint density at radius 1 is 1.47 bits per heavy atom. The van der Waals surface area contributed by atoms with Gasteiger partial charge in [-0.15, -0.1) is 0 Å². The number of halogens is 3. The Kier molecular flexibility index (Phi) is 4.66. The molecule has 106 valence electrons. The standard InChI is InChI=1S/C13H17F3N2O/c1-9-7-18(5-4-17-9)8-10-2-3-12(11(14)6-10)19-13(15)16/h2-3,6,9,13,17H,4-5,7-8H2,1H3. The van der Waals surface area contributed by atoms with Crippen LogP contribution < -0.4 is 10.1 Å². The van der Waals surface area contributed by atoms with Crippen molar-refractivity contribution in [2.75, 3.05) is 19.6 Å². The van der Waals surface area contributed by atoms with E-state index in [2.05, 4.69) is 21.9 Å². The number of piperazine rings is 1. The van der Waals surface area contributed by atoms with E-state index < -0.39 is 18.2 Å². The first-order valence-corrected chi connectivity index (χ1v) is 6.23. The molecule has 1 fully saturated rings. The summed E-state index contributed by atoms with van der Waals surface area (Å²) in [6, 6.07) is 4.53. The number of nitrogens with one attached hydrogen (secondary N) is 1. The number of benzene rings is 1. The minimum absolute atomic E-state index is 0.403. The second-order valence-corrected chi connectivity index (χ2v) is 4.73. The lowest BCUT2D eigenvalue weighted by Crippen LogP contribution is -2.48. The molecular formula is C13H17F3N2O. The number of nitrogens with zero attached hydrogens (tertiary/aromatic N) is 1. The fourth-order valence-corrected chi connectivity index (χ4v) is 2.25. The zero-order valence-electron chi connectivity index (χ0n) is 10.7. The Bertz CT molecular complexity index is 428. The lowest BCUT2D eigenvalue weighted by molar-refractivity contribution is -0.0522. The van der Waals surface area contributed by atoms with E-state index in [4.69, 9.17) is 0 Å². The topological polar surface area (TPSA) is 24.5 Å². The summed E-state index contributed by atoms with van der Waals surface area (Å²) >= 11 is 0. The van der Waals surface area contributed by atoms with E-state index in [1.54, 1.807) is 6.07 Å². The molecule has 1 atom stereocenters. The molecule has 0 radical (unpaired) electrons. The molecule has 0 saturated carbocycles. The maximum atomic E-state index is 13.6. The molecule has 0 spiro atoms. The van der Waals surface area contributed by atoms with E-state index in [0.29, 0.717) is 12.6 Å². The SMILES string of the molecule is CC1CN(Cc2ccc(OC(F)F)c(F)c2)CCN1. The summed E-state index contributed by atoms with van der Waals surface area (Å²) in [6.07, 6.45) is 0. The highest BCUT2D eigenvalue weighted by molar-refractivity contribution is 5.29. The summed E-state index contributed by atoms with van der Waals surface area (Å²) in [7, 11) is 0. The first-order valence-electron chi connectivity index (χ1n) is 6.23. The highest BCUT2D eigenvalue weighted by Crippen LogP contribution is 2.21. The molecule has 1 saturated heterocycles. The highest BCUT2D eigenvalue weighted by atomic mass is 19.3. The lowest BCUT2D eigenvalue weighted by Gasteiger charge is -2.31. The van der Waals surface area contributed by atoms with Crippen molar-refractivity contribution >= 4 is 0 Å². The molecule has 1 aromatic rings. The predicted molar refractivity (Wildman–Crippen MR) is 65.8 cm³/mol. The number of hydrogen-bond acceptors (Lipinski definition) is 3. The normalized spacial score (nSPS) is 20.8. The van der Waals surface area contributed by atoms with E-state index in [-0.39, 0.29) is 0 Å². The van der Waals surface area contributed by atoms with Crippen LogP contribution in [-0.4, -0.2) is 37.2 Å². The Morgan fingerprint density at radius 2 is 2.26 bits per heavy atom. The average molecular weight is 274 g/mol. The molecular weight excluding hydrogens is 257 g/mol. The van der Waals surface area contributed by atoms with E-state index in [9.17, 15) is 13.2 Å². The van der Waals surface area contributed by atoms with Crippen molar-refractivity contribution in [2.24, 2.45) is 0 Å². The molecule has 6 heteroatoms. The van der Waals surface area contributed by atoms with Crippen molar-refractivity contribution in [1.29, 1.82) is 0 Å². The third-order valence-electron chi connectivity index (χ3n) is 3.07. The Labute approximate surface area is 110 Å². The Hall–Kier alpha value is -1.27. The summed E-state index contributed by atoms with van der Waals surface area (Å²) in [4.78, 5) is 2.20. The number of alkyl halides is 2. The maximum Gasteiger partial charge on any atom is 0.387 e. The number of rotatable bonds is 4. The molecule has 1 N–H and O–H groups in total. The minimum atomic E-state index is -3.01. The Balaban J connectivity index is 1.99. The van der Waals surface area contributed by atoms with Gasteiger partial charge in [0.2, 0.25) is 0 Å². The lowest BCUT2D eigenvalue weighted by atomic mass is 10.1. The van der Waals surface area contributed by atoms with Gasteiger partial charge in [0.15, 0.2) is 11.6 Å². The fraction of sp³-hybridized carbons (Fsp3) is 0.538. The van der Waals surface area contributed by atoms with Crippen LogP contribution in [0.1, 0.15) is 12.5 Å². The number of hydrogen-bond donors (Lipinski definition) is 1. The largest absolute Gasteiger partial charge is 0.432 e. The third-order valence-corrected chi connectivity index (χ3v) is 3.07. The van der Waals surface area contributed by atoms with Gasteiger partial charge in [-0.2, -0.15) is 8.78 Å². The first-order chi connectivity index (χ1) is 9.04. The second kappa shape index (κ2) is 6.25. The molecule has 1 unspecified atom stereocenters. The van der Waals surface area contributed by atoms with Crippen molar-refractivity contribution in [3.63, 3.8) is 0 Å². The summed E-state index contributed by atoms with van der Waals surface area (Å²) in [5, 5.41) is 3.32. The van der Waals surface area contributed by atoms with Gasteiger partial charge in [0.05, 0.1) is 0 Å². The molecule has 0 aliphatic carbocycles. The maximum absolute atomic E-state index is 13.6. The van der Waals surface area contributed by atoms with Crippen LogP contribution in [0.25, 0.3) is 0 Å². The molecule has 0 amide bonds.